The van der Waals surface area contributed by atoms with Crippen LogP contribution in [0.5, 0.6) is 0 Å². The van der Waals surface area contributed by atoms with E-state index in [-0.39, 0.29) is 23.0 Å². The number of unbranched alkanes of at least 4 members (excludes halogenated alkanes) is 2. The Balaban J connectivity index is 1.67. The Morgan fingerprint density at radius 1 is 0.926 bits per heavy atom. The Morgan fingerprint density at radius 2 is 1.70 bits per heavy atom. The fourth-order valence-corrected chi connectivity index (χ4v) is 8.42. The average Bonchev–Trinajstić information content (AvgIpc) is 2.92. The monoisotopic (exact) mass is 378 g/mol. The molecule has 0 heterocycles. The zero-order valence-corrected chi connectivity index (χ0v) is 17.8. The highest BCUT2D eigenvalue weighted by atomic mass is 16.3. The molecule has 27 heavy (non-hydrogen) atoms. The van der Waals surface area contributed by atoms with Crippen molar-refractivity contribution in [3.8, 4) is 0 Å². The highest BCUT2D eigenvalue weighted by molar-refractivity contribution is 5.16. The molecule has 156 valence electrons. The van der Waals surface area contributed by atoms with E-state index in [4.69, 9.17) is 0 Å². The van der Waals surface area contributed by atoms with E-state index in [0.717, 1.165) is 51.4 Å². The molecule has 0 amide bonds. The van der Waals surface area contributed by atoms with Gasteiger partial charge in [-0.2, -0.15) is 0 Å². The normalized spacial score (nSPS) is 54.9. The molecule has 3 nitrogen and oxygen atoms in total. The molecule has 3 N–H and O–H groups in total. The van der Waals surface area contributed by atoms with Crippen LogP contribution in [0, 0.1) is 34.5 Å². The van der Waals surface area contributed by atoms with Crippen LogP contribution in [0.3, 0.4) is 0 Å². The first kappa shape index (κ1) is 20.2. The summed E-state index contributed by atoms with van der Waals surface area (Å²) in [7, 11) is 0. The summed E-state index contributed by atoms with van der Waals surface area (Å²) in [5, 5.41) is 33.2. The fourth-order valence-electron chi connectivity index (χ4n) is 8.42. The Kier molecular flexibility index (Phi) is 5.22. The van der Waals surface area contributed by atoms with Gasteiger partial charge >= 0.3 is 0 Å². The molecule has 3 heteroatoms. The molecule has 9 atom stereocenters. The second-order valence-electron chi connectivity index (χ2n) is 11.2. The van der Waals surface area contributed by atoms with Gasteiger partial charge in [0.15, 0.2) is 0 Å². The predicted molar refractivity (Wildman–Crippen MR) is 108 cm³/mol. The second kappa shape index (κ2) is 6.99. The van der Waals surface area contributed by atoms with Gasteiger partial charge in [0, 0.05) is 6.42 Å². The van der Waals surface area contributed by atoms with E-state index in [0.29, 0.717) is 30.1 Å². The van der Waals surface area contributed by atoms with Crippen molar-refractivity contribution in [1.29, 1.82) is 0 Å². The fraction of sp³-hybridized carbons (Fsp3) is 1.00. The van der Waals surface area contributed by atoms with E-state index in [2.05, 4.69) is 20.8 Å². The Hall–Kier alpha value is -0.120. The molecular formula is C24H42O3. The Morgan fingerprint density at radius 3 is 2.44 bits per heavy atom. The number of aliphatic hydroxyl groups excluding tert-OH is 2. The molecule has 0 aromatic heterocycles. The first-order valence-corrected chi connectivity index (χ1v) is 11.8. The van der Waals surface area contributed by atoms with Crippen molar-refractivity contribution in [2.75, 3.05) is 0 Å². The minimum absolute atomic E-state index is 0.0686. The van der Waals surface area contributed by atoms with Crippen LogP contribution in [0.15, 0.2) is 0 Å². The predicted octanol–water partition coefficient (Wildman–Crippen LogP) is 4.67. The van der Waals surface area contributed by atoms with E-state index in [1.165, 1.54) is 19.3 Å². The van der Waals surface area contributed by atoms with Crippen LogP contribution in [-0.4, -0.2) is 33.1 Å². The van der Waals surface area contributed by atoms with E-state index < -0.39 is 5.60 Å². The lowest BCUT2D eigenvalue weighted by Gasteiger charge is -2.66. The maximum absolute atomic E-state index is 12.1. The van der Waals surface area contributed by atoms with E-state index in [9.17, 15) is 15.3 Å². The van der Waals surface area contributed by atoms with Gasteiger partial charge in [-0.3, -0.25) is 0 Å². The van der Waals surface area contributed by atoms with E-state index >= 15 is 0 Å². The molecule has 4 saturated carbocycles. The van der Waals surface area contributed by atoms with Crippen LogP contribution >= 0.6 is 0 Å². The summed E-state index contributed by atoms with van der Waals surface area (Å²) >= 11 is 0. The Bertz CT molecular complexity index is 550. The molecule has 0 spiro atoms. The Labute approximate surface area is 165 Å². The first-order chi connectivity index (χ1) is 12.8. The molecule has 9 unspecified atom stereocenters. The van der Waals surface area contributed by atoms with E-state index in [1.54, 1.807) is 0 Å². The topological polar surface area (TPSA) is 60.7 Å². The molecule has 0 aromatic rings. The van der Waals surface area contributed by atoms with Crippen molar-refractivity contribution in [3.05, 3.63) is 0 Å². The van der Waals surface area contributed by atoms with Crippen LogP contribution in [0.2, 0.25) is 0 Å². The molecular weight excluding hydrogens is 336 g/mol. The van der Waals surface area contributed by atoms with Crippen molar-refractivity contribution in [2.24, 2.45) is 34.5 Å². The molecule has 4 aliphatic rings. The number of fused-ring (bicyclic) bond motifs is 5. The lowest BCUT2D eigenvalue weighted by molar-refractivity contribution is -0.249. The minimum atomic E-state index is -0.704. The SMILES string of the molecule is CCCCCC1CC2C3CCC(O)C3(C)CCC2C2(C)CCC(O)CC12O. The summed E-state index contributed by atoms with van der Waals surface area (Å²) in [5.41, 5.74) is -0.680. The summed E-state index contributed by atoms with van der Waals surface area (Å²) in [6.45, 7) is 6.94. The maximum Gasteiger partial charge on any atom is 0.0756 e. The molecule has 0 aliphatic heterocycles. The van der Waals surface area contributed by atoms with Crippen LogP contribution in [0.25, 0.3) is 0 Å². The highest BCUT2D eigenvalue weighted by Crippen LogP contribution is 2.68. The van der Waals surface area contributed by atoms with Crippen LogP contribution in [-0.2, 0) is 0 Å². The average molecular weight is 379 g/mol. The summed E-state index contributed by atoms with van der Waals surface area (Å²) in [6.07, 6.45) is 12.1. The zero-order chi connectivity index (χ0) is 19.4. The lowest BCUT2D eigenvalue weighted by Crippen LogP contribution is -2.66. The van der Waals surface area contributed by atoms with Gasteiger partial charge in [-0.1, -0.05) is 40.0 Å². The molecule has 0 aromatic carbocycles. The number of rotatable bonds is 4. The number of aliphatic hydroxyl groups is 3. The van der Waals surface area contributed by atoms with Crippen LogP contribution in [0.4, 0.5) is 0 Å². The van der Waals surface area contributed by atoms with Crippen molar-refractivity contribution < 1.29 is 15.3 Å². The summed E-state index contributed by atoms with van der Waals surface area (Å²) in [5.74, 6) is 2.13. The smallest absolute Gasteiger partial charge is 0.0756 e. The van der Waals surface area contributed by atoms with Gasteiger partial charge in [0.25, 0.3) is 0 Å². The summed E-state index contributed by atoms with van der Waals surface area (Å²) < 4.78 is 0. The maximum atomic E-state index is 12.1. The van der Waals surface area contributed by atoms with Gasteiger partial charge in [0.2, 0.25) is 0 Å². The molecule has 0 bridgehead atoms. The molecule has 0 radical (unpaired) electrons. The minimum Gasteiger partial charge on any atom is -0.393 e. The van der Waals surface area contributed by atoms with Crippen LogP contribution < -0.4 is 0 Å². The quantitative estimate of drug-likeness (QED) is 0.623. The van der Waals surface area contributed by atoms with Gasteiger partial charge in [0.05, 0.1) is 17.8 Å². The van der Waals surface area contributed by atoms with Crippen molar-refractivity contribution in [3.63, 3.8) is 0 Å². The number of hydrogen-bond donors (Lipinski definition) is 3. The van der Waals surface area contributed by atoms with Gasteiger partial charge in [0.1, 0.15) is 0 Å². The zero-order valence-electron chi connectivity index (χ0n) is 17.8. The largest absolute Gasteiger partial charge is 0.393 e. The van der Waals surface area contributed by atoms with Crippen molar-refractivity contribution in [2.45, 2.75) is 116 Å². The number of hydrogen-bond acceptors (Lipinski definition) is 3. The lowest BCUT2D eigenvalue weighted by atomic mass is 9.41. The first-order valence-electron chi connectivity index (χ1n) is 11.8. The third-order valence-corrected chi connectivity index (χ3v) is 10.1. The summed E-state index contributed by atoms with van der Waals surface area (Å²) in [4.78, 5) is 0. The van der Waals surface area contributed by atoms with Gasteiger partial charge in [-0.05, 0) is 85.9 Å². The third kappa shape index (κ3) is 2.86. The van der Waals surface area contributed by atoms with Crippen molar-refractivity contribution >= 4 is 0 Å². The molecule has 4 aliphatic carbocycles. The molecule has 4 rings (SSSR count). The third-order valence-electron chi connectivity index (χ3n) is 10.1. The van der Waals surface area contributed by atoms with Crippen LogP contribution in [0.1, 0.15) is 97.8 Å². The highest BCUT2D eigenvalue weighted by Gasteiger charge is 2.66. The van der Waals surface area contributed by atoms with Crippen molar-refractivity contribution in [1.82, 2.24) is 0 Å². The van der Waals surface area contributed by atoms with Gasteiger partial charge in [-0.25, -0.2) is 0 Å². The van der Waals surface area contributed by atoms with E-state index in [1.807, 2.05) is 0 Å². The molecule has 4 fully saturated rings. The second-order valence-corrected chi connectivity index (χ2v) is 11.2. The summed E-state index contributed by atoms with van der Waals surface area (Å²) in [6, 6.07) is 0. The van der Waals surface area contributed by atoms with Gasteiger partial charge < -0.3 is 15.3 Å². The standard InChI is InChI=1S/C24H42O3/c1-4-5-6-7-16-14-18-19-8-9-21(26)22(19,2)12-11-20(18)23(3)13-10-17(25)15-24(16,23)27/h16-21,25-27H,4-15H2,1-3H3. The van der Waals surface area contributed by atoms with Gasteiger partial charge in [-0.15, -0.1) is 0 Å². The molecule has 0 saturated heterocycles.